The van der Waals surface area contributed by atoms with Gasteiger partial charge in [-0.05, 0) is 30.7 Å². The van der Waals surface area contributed by atoms with Gasteiger partial charge >= 0.3 is 5.97 Å². The summed E-state index contributed by atoms with van der Waals surface area (Å²) in [4.78, 5) is 14.5. The number of anilines is 1. The second kappa shape index (κ2) is 5.51. The number of sulfonamides is 1. The Morgan fingerprint density at radius 2 is 2.15 bits per heavy atom. The number of hydrogen-bond donors (Lipinski definition) is 2. The van der Waals surface area contributed by atoms with Gasteiger partial charge in [0.15, 0.2) is 9.90 Å². The van der Waals surface area contributed by atoms with Crippen LogP contribution in [0.15, 0.2) is 32.4 Å². The van der Waals surface area contributed by atoms with Crippen LogP contribution in [-0.4, -0.2) is 24.5 Å². The van der Waals surface area contributed by atoms with Crippen LogP contribution in [0, 0.1) is 6.92 Å². The van der Waals surface area contributed by atoms with E-state index in [-0.39, 0.29) is 4.21 Å². The zero-order chi connectivity index (χ0) is 14.9. The minimum atomic E-state index is -3.97. The second-order valence-electron chi connectivity index (χ2n) is 3.86. The van der Waals surface area contributed by atoms with E-state index >= 15 is 0 Å². The van der Waals surface area contributed by atoms with Crippen molar-refractivity contribution in [2.45, 2.75) is 11.1 Å². The molecule has 9 heteroatoms. The van der Waals surface area contributed by atoms with Gasteiger partial charge in [-0.25, -0.2) is 18.2 Å². The first-order valence-corrected chi connectivity index (χ1v) is 8.42. The summed E-state index contributed by atoms with van der Waals surface area (Å²) in [6.45, 7) is 1.82. The number of rotatable bonds is 4. The fourth-order valence-corrected chi connectivity index (χ4v) is 3.92. The van der Waals surface area contributed by atoms with Gasteiger partial charge in [-0.3, -0.25) is 4.72 Å². The van der Waals surface area contributed by atoms with Crippen molar-refractivity contribution in [3.05, 3.63) is 39.4 Å². The predicted molar refractivity (Wildman–Crippen MR) is 78.8 cm³/mol. The molecular weight excluding hydrogens is 368 g/mol. The van der Waals surface area contributed by atoms with Gasteiger partial charge in [-0.2, -0.15) is 0 Å². The summed E-state index contributed by atoms with van der Waals surface area (Å²) < 4.78 is 27.2. The number of benzene rings is 1. The topological polar surface area (TPSA) is 96.4 Å². The molecule has 1 aromatic carbocycles. The van der Waals surface area contributed by atoms with Crippen molar-refractivity contribution in [2.24, 2.45) is 0 Å². The van der Waals surface area contributed by atoms with Crippen LogP contribution in [0.3, 0.4) is 0 Å². The van der Waals surface area contributed by atoms with Gasteiger partial charge in [0.25, 0.3) is 10.0 Å². The molecule has 0 fully saturated rings. The van der Waals surface area contributed by atoms with Crippen molar-refractivity contribution >= 4 is 48.9 Å². The van der Waals surface area contributed by atoms with E-state index in [4.69, 9.17) is 5.11 Å². The molecule has 0 saturated heterocycles. The lowest BCUT2D eigenvalue weighted by atomic mass is 10.2. The highest BCUT2D eigenvalue weighted by Gasteiger charge is 2.25. The van der Waals surface area contributed by atoms with E-state index in [1.165, 1.54) is 5.51 Å². The van der Waals surface area contributed by atoms with E-state index < -0.39 is 21.7 Å². The highest BCUT2D eigenvalue weighted by Crippen LogP contribution is 2.25. The Hall–Kier alpha value is -1.45. The minimum Gasteiger partial charge on any atom is -0.476 e. The molecule has 0 atom stereocenters. The van der Waals surface area contributed by atoms with Crippen molar-refractivity contribution in [3.63, 3.8) is 0 Å². The summed E-state index contributed by atoms with van der Waals surface area (Å²) in [5, 5.41) is 8.91. The molecule has 20 heavy (non-hydrogen) atoms. The number of nitrogens with one attached hydrogen (secondary N) is 1. The van der Waals surface area contributed by atoms with Gasteiger partial charge in [0.2, 0.25) is 0 Å². The number of halogens is 1. The fourth-order valence-electron chi connectivity index (χ4n) is 1.48. The number of carbonyl (C=O) groups is 1. The van der Waals surface area contributed by atoms with Gasteiger partial charge in [0.05, 0.1) is 5.51 Å². The van der Waals surface area contributed by atoms with Crippen LogP contribution in [0.4, 0.5) is 5.69 Å². The normalized spacial score (nSPS) is 11.3. The van der Waals surface area contributed by atoms with Crippen LogP contribution in [0.5, 0.6) is 0 Å². The molecule has 0 aliphatic heterocycles. The number of aryl methyl sites for hydroxylation is 1. The average molecular weight is 377 g/mol. The van der Waals surface area contributed by atoms with Gasteiger partial charge in [-0.1, -0.05) is 15.9 Å². The van der Waals surface area contributed by atoms with E-state index in [1.54, 1.807) is 18.2 Å². The lowest BCUT2D eigenvalue weighted by Gasteiger charge is -2.08. The van der Waals surface area contributed by atoms with Crippen molar-refractivity contribution in [3.8, 4) is 0 Å². The van der Waals surface area contributed by atoms with Crippen LogP contribution in [-0.2, 0) is 10.0 Å². The lowest BCUT2D eigenvalue weighted by Crippen LogP contribution is -2.15. The highest BCUT2D eigenvalue weighted by molar-refractivity contribution is 9.10. The summed E-state index contributed by atoms with van der Waals surface area (Å²) in [5.74, 6) is -1.38. The molecule has 106 valence electrons. The Labute approximate surface area is 127 Å². The Balaban J connectivity index is 2.38. The van der Waals surface area contributed by atoms with E-state index in [1.807, 2.05) is 6.92 Å². The Morgan fingerprint density at radius 3 is 2.75 bits per heavy atom. The average Bonchev–Trinajstić information content (AvgIpc) is 2.83. The zero-order valence-electron chi connectivity index (χ0n) is 10.1. The number of nitrogens with zero attached hydrogens (tertiary/aromatic N) is 1. The van der Waals surface area contributed by atoms with E-state index in [9.17, 15) is 13.2 Å². The van der Waals surface area contributed by atoms with Gasteiger partial charge in [-0.15, -0.1) is 11.3 Å². The lowest BCUT2D eigenvalue weighted by molar-refractivity contribution is 0.0687. The number of thiazole rings is 1. The highest BCUT2D eigenvalue weighted by atomic mass is 79.9. The monoisotopic (exact) mass is 376 g/mol. The molecule has 0 bridgehead atoms. The van der Waals surface area contributed by atoms with Gasteiger partial charge in [0.1, 0.15) is 0 Å². The molecule has 0 radical (unpaired) electrons. The summed E-state index contributed by atoms with van der Waals surface area (Å²) in [5.41, 5.74) is 1.92. The third-order valence-corrected chi connectivity index (χ3v) is 6.03. The summed E-state index contributed by atoms with van der Waals surface area (Å²) >= 11 is 4.08. The summed E-state index contributed by atoms with van der Waals surface area (Å²) in [6, 6.07) is 4.93. The van der Waals surface area contributed by atoms with E-state index in [0.717, 1.165) is 21.4 Å². The molecule has 0 unspecified atom stereocenters. The standard InChI is InChI=1S/C11H9BrN2O4S2/c1-6-4-7(2-3-8(6)12)14-20(17,18)11-9(10(15)16)13-5-19-11/h2-5,14H,1H3,(H,15,16). The van der Waals surface area contributed by atoms with E-state index in [2.05, 4.69) is 25.6 Å². The maximum atomic E-state index is 12.2. The summed E-state index contributed by atoms with van der Waals surface area (Å²) in [6.07, 6.45) is 0. The molecule has 0 amide bonds. The van der Waals surface area contributed by atoms with Crippen LogP contribution in [0.1, 0.15) is 16.1 Å². The SMILES string of the molecule is Cc1cc(NS(=O)(=O)c2scnc2C(=O)O)ccc1Br. The molecule has 2 N–H and O–H groups in total. The van der Waals surface area contributed by atoms with Gasteiger partial charge in [0, 0.05) is 10.2 Å². The first-order valence-electron chi connectivity index (χ1n) is 5.27. The molecule has 1 heterocycles. The zero-order valence-corrected chi connectivity index (χ0v) is 13.3. The maximum absolute atomic E-state index is 12.2. The van der Waals surface area contributed by atoms with Crippen molar-refractivity contribution in [1.29, 1.82) is 0 Å². The van der Waals surface area contributed by atoms with Gasteiger partial charge < -0.3 is 5.11 Å². The van der Waals surface area contributed by atoms with Crippen molar-refractivity contribution in [1.82, 2.24) is 4.98 Å². The molecule has 1 aromatic heterocycles. The number of carboxylic acids is 1. The second-order valence-corrected chi connectivity index (χ2v) is 7.45. The molecular formula is C11H9BrN2O4S2. The number of hydrogen-bond acceptors (Lipinski definition) is 5. The predicted octanol–water partition coefficient (Wildman–Crippen LogP) is 2.71. The Kier molecular flexibility index (Phi) is 4.11. The Bertz CT molecular complexity index is 770. The molecule has 0 aliphatic carbocycles. The van der Waals surface area contributed by atoms with Crippen molar-refractivity contribution < 1.29 is 18.3 Å². The number of carboxylic acid groups (broad SMARTS) is 1. The molecule has 6 nitrogen and oxygen atoms in total. The Morgan fingerprint density at radius 1 is 1.45 bits per heavy atom. The minimum absolute atomic E-state index is 0.314. The quantitative estimate of drug-likeness (QED) is 0.854. The molecule has 2 aromatic rings. The number of aromatic nitrogens is 1. The first-order chi connectivity index (χ1) is 9.31. The van der Waals surface area contributed by atoms with E-state index in [0.29, 0.717) is 5.69 Å². The largest absolute Gasteiger partial charge is 0.476 e. The molecule has 0 saturated carbocycles. The number of aromatic carboxylic acids is 1. The first kappa shape index (κ1) is 14.9. The third kappa shape index (κ3) is 3.00. The summed E-state index contributed by atoms with van der Waals surface area (Å²) in [7, 11) is -3.97. The van der Waals surface area contributed by atoms with Crippen LogP contribution in [0.25, 0.3) is 0 Å². The smallest absolute Gasteiger partial charge is 0.356 e. The molecule has 2 rings (SSSR count). The van der Waals surface area contributed by atoms with Crippen molar-refractivity contribution in [2.75, 3.05) is 4.72 Å². The van der Waals surface area contributed by atoms with Crippen LogP contribution >= 0.6 is 27.3 Å². The van der Waals surface area contributed by atoms with Crippen LogP contribution in [0.2, 0.25) is 0 Å². The third-order valence-electron chi connectivity index (χ3n) is 2.39. The molecule has 0 aliphatic rings. The maximum Gasteiger partial charge on any atom is 0.356 e. The molecule has 0 spiro atoms. The fraction of sp³-hybridized carbons (Fsp3) is 0.0909. The van der Waals surface area contributed by atoms with Crippen LogP contribution < -0.4 is 4.72 Å².